The van der Waals surface area contributed by atoms with Crippen LogP contribution in [0.25, 0.3) is 0 Å². The molecule has 0 unspecified atom stereocenters. The van der Waals surface area contributed by atoms with Crippen molar-refractivity contribution in [1.82, 2.24) is 4.90 Å². The summed E-state index contributed by atoms with van der Waals surface area (Å²) in [6.07, 6.45) is 0. The molecule has 0 bridgehead atoms. The molecule has 1 aromatic carbocycles. The predicted octanol–water partition coefficient (Wildman–Crippen LogP) is 4.08. The van der Waals surface area contributed by atoms with Gasteiger partial charge in [-0.3, -0.25) is 4.79 Å². The van der Waals surface area contributed by atoms with Crippen molar-refractivity contribution in [2.24, 2.45) is 0 Å². The lowest BCUT2D eigenvalue weighted by atomic mass is 10.1. The lowest BCUT2D eigenvalue weighted by Gasteiger charge is -2.21. The van der Waals surface area contributed by atoms with E-state index in [1.165, 1.54) is 7.11 Å². The number of hydrogen-bond donors (Lipinski definition) is 1. The Bertz CT molecular complexity index is 633. The van der Waals surface area contributed by atoms with E-state index in [1.54, 1.807) is 28.4 Å². The largest absolute Gasteiger partial charge is 0.496 e. The third-order valence-electron chi connectivity index (χ3n) is 3.14. The summed E-state index contributed by atoms with van der Waals surface area (Å²) in [7, 11) is 1.51. The number of thiophene rings is 1. The molecule has 0 atom stereocenters. The van der Waals surface area contributed by atoms with Gasteiger partial charge in [-0.2, -0.15) is 0 Å². The summed E-state index contributed by atoms with van der Waals surface area (Å²) >= 11 is 7.65. The van der Waals surface area contributed by atoms with Gasteiger partial charge in [0.1, 0.15) is 5.75 Å². The molecule has 0 saturated heterocycles. The van der Waals surface area contributed by atoms with Gasteiger partial charge in [0.2, 0.25) is 0 Å². The number of methoxy groups -OCH3 is 1. The molecule has 0 spiro atoms. The average molecular weight is 361 g/mol. The lowest BCUT2D eigenvalue weighted by molar-refractivity contribution is 0.0751. The predicted molar refractivity (Wildman–Crippen MR) is 94.4 cm³/mol. The van der Waals surface area contributed by atoms with Crippen LogP contribution in [0.3, 0.4) is 0 Å². The molecule has 4 nitrogen and oxygen atoms in total. The van der Waals surface area contributed by atoms with E-state index in [1.807, 2.05) is 24.4 Å². The molecular formula is C15H18Cl2N2O2S. The Balaban J connectivity index is 0.00000242. The standard InChI is InChI=1S/C15H17ClN2O2S.ClH/c1-3-18(9-10-5-4-6-21-10)15(19)11-7-12(16)13(17)8-14(11)20-2;/h4-8H,3,9,17H2,1-2H3;1H. The highest BCUT2D eigenvalue weighted by atomic mass is 35.5. The van der Waals surface area contributed by atoms with E-state index in [9.17, 15) is 4.79 Å². The van der Waals surface area contributed by atoms with Gasteiger partial charge in [-0.25, -0.2) is 0 Å². The fourth-order valence-electron chi connectivity index (χ4n) is 1.99. The maximum absolute atomic E-state index is 12.7. The second-order valence-corrected chi connectivity index (χ2v) is 5.91. The van der Waals surface area contributed by atoms with Crippen molar-refractivity contribution in [1.29, 1.82) is 0 Å². The number of ether oxygens (including phenoxy) is 1. The fraction of sp³-hybridized carbons (Fsp3) is 0.267. The Kier molecular flexibility index (Phi) is 7.00. The van der Waals surface area contributed by atoms with Gasteiger partial charge < -0.3 is 15.4 Å². The first kappa shape index (κ1) is 18.6. The summed E-state index contributed by atoms with van der Waals surface area (Å²) in [4.78, 5) is 15.6. The van der Waals surface area contributed by atoms with Crippen molar-refractivity contribution in [3.8, 4) is 5.75 Å². The van der Waals surface area contributed by atoms with Crippen molar-refractivity contribution in [2.45, 2.75) is 13.5 Å². The van der Waals surface area contributed by atoms with Crippen LogP contribution in [0.5, 0.6) is 5.75 Å². The molecule has 0 aliphatic heterocycles. The quantitative estimate of drug-likeness (QED) is 0.817. The Morgan fingerprint density at radius 1 is 1.45 bits per heavy atom. The number of halogens is 2. The molecule has 22 heavy (non-hydrogen) atoms. The monoisotopic (exact) mass is 360 g/mol. The van der Waals surface area contributed by atoms with Crippen LogP contribution in [-0.2, 0) is 6.54 Å². The third kappa shape index (κ3) is 4.06. The minimum atomic E-state index is -0.121. The van der Waals surface area contributed by atoms with Crippen LogP contribution in [-0.4, -0.2) is 24.5 Å². The Morgan fingerprint density at radius 2 is 2.18 bits per heavy atom. The summed E-state index contributed by atoms with van der Waals surface area (Å²) in [6, 6.07) is 7.12. The zero-order valence-electron chi connectivity index (χ0n) is 12.3. The molecule has 0 fully saturated rings. The highest BCUT2D eigenvalue weighted by molar-refractivity contribution is 7.09. The summed E-state index contributed by atoms with van der Waals surface area (Å²) < 4.78 is 5.25. The summed E-state index contributed by atoms with van der Waals surface area (Å²) in [6.45, 7) is 3.11. The van der Waals surface area contributed by atoms with E-state index in [2.05, 4.69) is 0 Å². The van der Waals surface area contributed by atoms with E-state index >= 15 is 0 Å². The van der Waals surface area contributed by atoms with Crippen molar-refractivity contribution in [3.63, 3.8) is 0 Å². The maximum Gasteiger partial charge on any atom is 0.257 e. The molecule has 7 heteroatoms. The molecule has 0 saturated carbocycles. The minimum Gasteiger partial charge on any atom is -0.496 e. The molecule has 2 rings (SSSR count). The molecule has 0 aliphatic carbocycles. The van der Waals surface area contributed by atoms with Crippen LogP contribution in [0.2, 0.25) is 5.02 Å². The van der Waals surface area contributed by atoms with Gasteiger partial charge in [-0.05, 0) is 24.4 Å². The van der Waals surface area contributed by atoms with Gasteiger partial charge in [-0.15, -0.1) is 23.7 Å². The van der Waals surface area contributed by atoms with Crippen LogP contribution in [0.1, 0.15) is 22.2 Å². The van der Waals surface area contributed by atoms with Gasteiger partial charge in [0.15, 0.2) is 0 Å². The fourth-order valence-corrected chi connectivity index (χ4v) is 2.88. The van der Waals surface area contributed by atoms with Crippen LogP contribution in [0.15, 0.2) is 29.6 Å². The van der Waals surface area contributed by atoms with Crippen molar-refractivity contribution in [2.75, 3.05) is 19.4 Å². The molecule has 120 valence electrons. The van der Waals surface area contributed by atoms with Gasteiger partial charge in [0, 0.05) is 17.5 Å². The molecule has 0 aliphatic rings. The van der Waals surface area contributed by atoms with E-state index in [0.29, 0.717) is 35.1 Å². The zero-order chi connectivity index (χ0) is 15.4. The molecule has 1 aromatic heterocycles. The highest BCUT2D eigenvalue weighted by Crippen LogP contribution is 2.30. The number of nitrogens with zero attached hydrogens (tertiary/aromatic N) is 1. The lowest BCUT2D eigenvalue weighted by Crippen LogP contribution is -2.30. The van der Waals surface area contributed by atoms with E-state index in [0.717, 1.165) is 4.88 Å². The number of benzene rings is 1. The number of nitrogen functional groups attached to an aromatic ring is 1. The van der Waals surface area contributed by atoms with Gasteiger partial charge >= 0.3 is 0 Å². The molecule has 2 aromatic rings. The summed E-state index contributed by atoms with van der Waals surface area (Å²) in [5.41, 5.74) is 6.57. The smallest absolute Gasteiger partial charge is 0.257 e. The van der Waals surface area contributed by atoms with Gasteiger partial charge in [0.05, 0.1) is 29.9 Å². The van der Waals surface area contributed by atoms with E-state index < -0.39 is 0 Å². The number of nitrogens with two attached hydrogens (primary N) is 1. The molecule has 2 N–H and O–H groups in total. The van der Waals surface area contributed by atoms with Crippen LogP contribution in [0.4, 0.5) is 5.69 Å². The van der Waals surface area contributed by atoms with Gasteiger partial charge in [-0.1, -0.05) is 17.7 Å². The Morgan fingerprint density at radius 3 is 2.73 bits per heavy atom. The van der Waals surface area contributed by atoms with Gasteiger partial charge in [0.25, 0.3) is 5.91 Å². The topological polar surface area (TPSA) is 55.6 Å². The zero-order valence-corrected chi connectivity index (χ0v) is 14.7. The minimum absolute atomic E-state index is 0. The van der Waals surface area contributed by atoms with Crippen LogP contribution in [0, 0.1) is 0 Å². The Labute approximate surface area is 145 Å². The third-order valence-corrected chi connectivity index (χ3v) is 4.33. The molecular weight excluding hydrogens is 343 g/mol. The first-order valence-corrected chi connectivity index (χ1v) is 7.77. The number of carbonyl (C=O) groups excluding carboxylic acids is 1. The second kappa shape index (κ2) is 8.27. The molecule has 0 radical (unpaired) electrons. The summed E-state index contributed by atoms with van der Waals surface area (Å²) in [5.74, 6) is 0.316. The summed E-state index contributed by atoms with van der Waals surface area (Å²) in [5, 5.41) is 2.35. The van der Waals surface area contributed by atoms with Crippen LogP contribution >= 0.6 is 35.3 Å². The van der Waals surface area contributed by atoms with Crippen LogP contribution < -0.4 is 10.5 Å². The maximum atomic E-state index is 12.7. The average Bonchev–Trinajstić information content (AvgIpc) is 2.99. The van der Waals surface area contributed by atoms with E-state index in [-0.39, 0.29) is 18.3 Å². The number of hydrogen-bond acceptors (Lipinski definition) is 4. The molecule has 1 heterocycles. The van der Waals surface area contributed by atoms with E-state index in [4.69, 9.17) is 22.1 Å². The number of anilines is 1. The first-order chi connectivity index (χ1) is 10.1. The normalized spacial score (nSPS) is 9.95. The highest BCUT2D eigenvalue weighted by Gasteiger charge is 2.20. The number of amides is 1. The van der Waals surface area contributed by atoms with Crippen molar-refractivity contribution < 1.29 is 9.53 Å². The second-order valence-electron chi connectivity index (χ2n) is 4.47. The van der Waals surface area contributed by atoms with Crippen molar-refractivity contribution >= 4 is 46.9 Å². The number of rotatable bonds is 5. The SMILES string of the molecule is CCN(Cc1cccs1)C(=O)c1cc(Cl)c(N)cc1OC.Cl. The first-order valence-electron chi connectivity index (χ1n) is 6.51. The molecule has 1 amide bonds. The Hall–Kier alpha value is -1.43. The number of carbonyl (C=O) groups is 1. The van der Waals surface area contributed by atoms with Crippen molar-refractivity contribution in [3.05, 3.63) is 45.1 Å².